The summed E-state index contributed by atoms with van der Waals surface area (Å²) in [5, 5.41) is 12.1. The van der Waals surface area contributed by atoms with Gasteiger partial charge in [0.1, 0.15) is 6.61 Å². The summed E-state index contributed by atoms with van der Waals surface area (Å²) in [5.74, 6) is -0.783. The van der Waals surface area contributed by atoms with E-state index in [4.69, 9.17) is 26.2 Å². The number of aliphatic carboxylic acids is 1. The van der Waals surface area contributed by atoms with Gasteiger partial charge in [-0.3, -0.25) is 9.89 Å². The number of carboxylic acids is 1. The van der Waals surface area contributed by atoms with Gasteiger partial charge in [-0.05, 0) is 72.7 Å². The van der Waals surface area contributed by atoms with Crippen LogP contribution in [0.5, 0.6) is 0 Å². The van der Waals surface area contributed by atoms with Crippen LogP contribution in [0.15, 0.2) is 71.5 Å². The molecule has 0 unspecified atom stereocenters. The highest BCUT2D eigenvalue weighted by Crippen LogP contribution is 2.31. The van der Waals surface area contributed by atoms with Crippen LogP contribution < -0.4 is 5.56 Å². The number of nitrogens with one attached hydrogen (secondary N) is 2. The molecule has 0 fully saturated rings. The van der Waals surface area contributed by atoms with Crippen molar-refractivity contribution in [2.45, 2.75) is 31.9 Å². The number of aryl methyl sites for hydroxylation is 2. The normalized spacial score (nSPS) is 11.8. The van der Waals surface area contributed by atoms with E-state index in [9.17, 15) is 22.8 Å². The highest BCUT2D eigenvalue weighted by molar-refractivity contribution is 6.31. The first-order chi connectivity index (χ1) is 21.6. The van der Waals surface area contributed by atoms with Gasteiger partial charge in [-0.15, -0.1) is 0 Å². The molecular formula is C32H30ClF3N4O5. The molecule has 13 heteroatoms. The van der Waals surface area contributed by atoms with Crippen LogP contribution >= 0.6 is 11.6 Å². The van der Waals surface area contributed by atoms with Crippen molar-refractivity contribution in [3.8, 4) is 17.2 Å². The van der Waals surface area contributed by atoms with Gasteiger partial charge in [0.05, 0.1) is 35.5 Å². The number of fused-ring (bicyclic) bond motifs is 1. The lowest BCUT2D eigenvalue weighted by Gasteiger charge is -2.08. The fourth-order valence-corrected chi connectivity index (χ4v) is 5.06. The van der Waals surface area contributed by atoms with Crippen molar-refractivity contribution in [3.63, 3.8) is 0 Å². The molecule has 236 valence electrons. The second-order valence-electron chi connectivity index (χ2n) is 10.4. The standard InChI is InChI=1S/C32H30ClF3N4O5/c33-24-12-14-26-27(18-24)38-31(37-26)40-30(43)25(29(39-40)22-8-10-23(11-9-22)32(34,35)36)13-7-21-5-3-20(4-6-21)2-1-15-44-16-17-45-19-28(41)42/h3-6,8-12,14,18,39H,1-2,7,13,15-17,19H2,(H,37,38)(H,41,42). The number of halogens is 4. The molecule has 0 spiro atoms. The number of aromatic nitrogens is 4. The maximum absolute atomic E-state index is 13.7. The number of H-pyrrole nitrogens is 2. The molecule has 0 amide bonds. The van der Waals surface area contributed by atoms with E-state index in [0.29, 0.717) is 58.9 Å². The third-order valence-corrected chi connectivity index (χ3v) is 7.40. The fraction of sp³-hybridized carbons (Fsp3) is 0.281. The van der Waals surface area contributed by atoms with Gasteiger partial charge in [0, 0.05) is 17.2 Å². The van der Waals surface area contributed by atoms with Crippen molar-refractivity contribution < 1.29 is 32.5 Å². The van der Waals surface area contributed by atoms with Gasteiger partial charge < -0.3 is 19.6 Å². The second kappa shape index (κ2) is 14.1. The summed E-state index contributed by atoms with van der Waals surface area (Å²) >= 11 is 6.10. The van der Waals surface area contributed by atoms with E-state index in [-0.39, 0.29) is 24.7 Å². The van der Waals surface area contributed by atoms with E-state index < -0.39 is 17.7 Å². The molecule has 0 aliphatic heterocycles. The van der Waals surface area contributed by atoms with Crippen LogP contribution in [0.25, 0.3) is 28.2 Å². The summed E-state index contributed by atoms with van der Waals surface area (Å²) in [5.41, 5.74) is 3.48. The number of carboxylic acid groups (broad SMARTS) is 1. The van der Waals surface area contributed by atoms with Crippen LogP contribution in [0.4, 0.5) is 13.2 Å². The zero-order chi connectivity index (χ0) is 32.0. The molecule has 3 N–H and O–H groups in total. The Morgan fingerprint density at radius 1 is 0.911 bits per heavy atom. The number of ether oxygens (including phenoxy) is 2. The monoisotopic (exact) mass is 642 g/mol. The van der Waals surface area contributed by atoms with Crippen molar-refractivity contribution in [1.29, 1.82) is 0 Å². The zero-order valence-corrected chi connectivity index (χ0v) is 24.8. The molecular weight excluding hydrogens is 613 g/mol. The number of nitrogens with zero attached hydrogens (tertiary/aromatic N) is 2. The average molecular weight is 643 g/mol. The first-order valence-corrected chi connectivity index (χ1v) is 14.6. The molecule has 2 heterocycles. The molecule has 0 saturated carbocycles. The van der Waals surface area contributed by atoms with Crippen LogP contribution in [0.3, 0.4) is 0 Å². The third kappa shape index (κ3) is 8.21. The molecule has 0 saturated heterocycles. The smallest absolute Gasteiger partial charge is 0.416 e. The number of alkyl halides is 3. The van der Waals surface area contributed by atoms with Crippen LogP contribution in [0, 0.1) is 0 Å². The van der Waals surface area contributed by atoms with Crippen LogP contribution in [0.2, 0.25) is 5.02 Å². The summed E-state index contributed by atoms with van der Waals surface area (Å²) in [6.07, 6.45) is -2.04. The molecule has 5 rings (SSSR count). The predicted octanol–water partition coefficient (Wildman–Crippen LogP) is 6.22. The van der Waals surface area contributed by atoms with Gasteiger partial charge in [0.25, 0.3) is 5.56 Å². The van der Waals surface area contributed by atoms with E-state index in [1.54, 1.807) is 18.2 Å². The minimum absolute atomic E-state index is 0.223. The lowest BCUT2D eigenvalue weighted by Crippen LogP contribution is -2.18. The van der Waals surface area contributed by atoms with E-state index in [1.807, 2.05) is 24.3 Å². The molecule has 0 aliphatic rings. The predicted molar refractivity (Wildman–Crippen MR) is 163 cm³/mol. The first kappa shape index (κ1) is 32.0. The van der Waals surface area contributed by atoms with Crippen molar-refractivity contribution >= 4 is 28.6 Å². The molecule has 0 radical (unpaired) electrons. The largest absolute Gasteiger partial charge is 0.480 e. The average Bonchev–Trinajstić information content (AvgIpc) is 3.57. The minimum Gasteiger partial charge on any atom is -0.480 e. The topological polar surface area (TPSA) is 122 Å². The number of benzene rings is 3. The number of hydrogen-bond donors (Lipinski definition) is 3. The Morgan fingerprint density at radius 3 is 2.29 bits per heavy atom. The fourth-order valence-electron chi connectivity index (χ4n) is 4.89. The Kier molecular flexibility index (Phi) is 10.1. The minimum atomic E-state index is -4.48. The zero-order valence-electron chi connectivity index (χ0n) is 24.0. The van der Waals surface area contributed by atoms with Crippen LogP contribution in [0.1, 0.15) is 28.7 Å². The molecule has 0 aliphatic carbocycles. The summed E-state index contributed by atoms with van der Waals surface area (Å²) in [4.78, 5) is 31.7. The molecule has 9 nitrogen and oxygen atoms in total. The molecule has 3 aromatic carbocycles. The van der Waals surface area contributed by atoms with Gasteiger partial charge in [0.2, 0.25) is 5.95 Å². The maximum atomic E-state index is 13.7. The van der Waals surface area contributed by atoms with E-state index in [1.165, 1.54) is 16.8 Å². The van der Waals surface area contributed by atoms with Gasteiger partial charge >= 0.3 is 12.1 Å². The Bertz CT molecular complexity index is 1810. The number of rotatable bonds is 14. The van der Waals surface area contributed by atoms with E-state index in [0.717, 1.165) is 36.1 Å². The summed E-state index contributed by atoms with van der Waals surface area (Å²) in [6.45, 7) is 0.722. The summed E-state index contributed by atoms with van der Waals surface area (Å²) in [6, 6.07) is 17.8. The Hall–Kier alpha value is -4.39. The van der Waals surface area contributed by atoms with Crippen molar-refractivity contribution in [2.24, 2.45) is 0 Å². The highest BCUT2D eigenvalue weighted by Gasteiger charge is 2.30. The number of aromatic amines is 2. The second-order valence-corrected chi connectivity index (χ2v) is 10.8. The first-order valence-electron chi connectivity index (χ1n) is 14.2. The molecule has 5 aromatic rings. The maximum Gasteiger partial charge on any atom is 0.416 e. The molecule has 2 aromatic heterocycles. The van der Waals surface area contributed by atoms with Crippen molar-refractivity contribution in [3.05, 3.63) is 104 Å². The Balaban J connectivity index is 1.29. The molecule has 0 bridgehead atoms. The highest BCUT2D eigenvalue weighted by atomic mass is 35.5. The van der Waals surface area contributed by atoms with Gasteiger partial charge in [-0.25, -0.2) is 9.78 Å². The third-order valence-electron chi connectivity index (χ3n) is 7.17. The number of imidazole rings is 1. The van der Waals surface area contributed by atoms with E-state index in [2.05, 4.69) is 15.1 Å². The van der Waals surface area contributed by atoms with E-state index >= 15 is 0 Å². The van der Waals surface area contributed by atoms with Crippen LogP contribution in [-0.2, 0) is 39.7 Å². The van der Waals surface area contributed by atoms with Crippen molar-refractivity contribution in [1.82, 2.24) is 19.7 Å². The summed E-state index contributed by atoms with van der Waals surface area (Å²) < 4.78 is 51.3. The van der Waals surface area contributed by atoms with Gasteiger partial charge in [0.15, 0.2) is 0 Å². The quantitative estimate of drug-likeness (QED) is 0.124. The Morgan fingerprint density at radius 2 is 1.60 bits per heavy atom. The number of hydrogen-bond acceptors (Lipinski definition) is 5. The van der Waals surface area contributed by atoms with Gasteiger partial charge in [-0.1, -0.05) is 48.0 Å². The van der Waals surface area contributed by atoms with Crippen LogP contribution in [-0.4, -0.2) is 57.3 Å². The summed E-state index contributed by atoms with van der Waals surface area (Å²) in [7, 11) is 0. The number of carbonyl (C=O) groups is 1. The van der Waals surface area contributed by atoms with Gasteiger partial charge in [-0.2, -0.15) is 17.9 Å². The molecule has 0 atom stereocenters. The lowest BCUT2D eigenvalue weighted by atomic mass is 9.99. The van der Waals surface area contributed by atoms with Crippen molar-refractivity contribution in [2.75, 3.05) is 26.4 Å². The SMILES string of the molecule is O=C(O)COCCOCCCc1ccc(CCc2c(-c3ccc(C(F)(F)F)cc3)[nH]n(-c3nc4ccc(Cl)cc4[nH]3)c2=O)cc1. The Labute approximate surface area is 260 Å². The molecule has 45 heavy (non-hydrogen) atoms. The lowest BCUT2D eigenvalue weighted by molar-refractivity contribution is -0.142.